The number of allylic oxidation sites excluding steroid dienone is 1. The van der Waals surface area contributed by atoms with Crippen LogP contribution in [0.3, 0.4) is 0 Å². The Balaban J connectivity index is 1.56. The van der Waals surface area contributed by atoms with Crippen molar-refractivity contribution >= 4 is 17.6 Å². The van der Waals surface area contributed by atoms with E-state index < -0.39 is 70.7 Å². The van der Waals surface area contributed by atoms with Crippen LogP contribution in [0.5, 0.6) is 0 Å². The third-order valence-corrected chi connectivity index (χ3v) is 9.86. The van der Waals surface area contributed by atoms with Crippen LogP contribution in [0.2, 0.25) is 0 Å². The molecule has 2 aliphatic rings. The van der Waals surface area contributed by atoms with Crippen molar-refractivity contribution in [2.24, 2.45) is 5.41 Å². The monoisotopic (exact) mass is 758 g/mol. The van der Waals surface area contributed by atoms with Gasteiger partial charge in [-0.2, -0.15) is 39.5 Å². The third-order valence-electron chi connectivity index (χ3n) is 9.86. The minimum atomic E-state index is -5.13. The summed E-state index contributed by atoms with van der Waals surface area (Å²) in [6, 6.07) is 6.55. The number of hydrogen-bond donors (Lipinski definition) is 0. The molecule has 5 nitrogen and oxygen atoms in total. The maximum Gasteiger partial charge on any atom is 0.417 e. The van der Waals surface area contributed by atoms with Gasteiger partial charge in [0.1, 0.15) is 11.9 Å². The van der Waals surface area contributed by atoms with Crippen molar-refractivity contribution in [1.82, 2.24) is 9.80 Å². The Morgan fingerprint density at radius 3 is 2.08 bits per heavy atom. The molecule has 1 fully saturated rings. The Bertz CT molecular complexity index is 1910. The molecule has 0 saturated carbocycles. The van der Waals surface area contributed by atoms with Crippen LogP contribution in [0.15, 0.2) is 60.2 Å². The molecule has 3 aromatic rings. The number of ether oxygens (including phenoxy) is 1. The second-order valence-electron chi connectivity index (χ2n) is 14.2. The summed E-state index contributed by atoms with van der Waals surface area (Å²) in [6.45, 7) is 6.93. The molecule has 1 aliphatic heterocycles. The van der Waals surface area contributed by atoms with Gasteiger partial charge >= 0.3 is 24.6 Å². The van der Waals surface area contributed by atoms with Gasteiger partial charge < -0.3 is 9.64 Å². The minimum absolute atomic E-state index is 0.00674. The molecule has 53 heavy (non-hydrogen) atoms. The van der Waals surface area contributed by atoms with E-state index in [0.717, 1.165) is 23.1 Å². The van der Waals surface area contributed by atoms with Gasteiger partial charge in [-0.3, -0.25) is 9.69 Å². The first-order valence-corrected chi connectivity index (χ1v) is 16.7. The van der Waals surface area contributed by atoms with Gasteiger partial charge in [0.25, 0.3) is 5.91 Å². The lowest BCUT2D eigenvalue weighted by Crippen LogP contribution is -2.35. The van der Waals surface area contributed by atoms with Crippen LogP contribution < -0.4 is 0 Å². The van der Waals surface area contributed by atoms with Gasteiger partial charge in [-0.15, -0.1) is 0 Å². The number of nitrogens with zero attached hydrogens (tertiary/aromatic N) is 2. The molecule has 0 radical (unpaired) electrons. The Hall–Kier alpha value is -4.56. The summed E-state index contributed by atoms with van der Waals surface area (Å²) >= 11 is 0. The summed E-state index contributed by atoms with van der Waals surface area (Å²) in [5.41, 5.74) is -4.75. The van der Waals surface area contributed by atoms with Crippen LogP contribution in [0.25, 0.3) is 16.7 Å². The lowest BCUT2D eigenvalue weighted by molar-refractivity contribution is -0.143. The molecule has 0 N–H and O–H groups in total. The minimum Gasteiger partial charge on any atom is -0.439 e. The summed E-state index contributed by atoms with van der Waals surface area (Å²) in [7, 11) is 1.45. The Kier molecular flexibility index (Phi) is 10.5. The van der Waals surface area contributed by atoms with E-state index in [0.29, 0.717) is 29.7 Å². The number of cyclic esters (lactones) is 1. The highest BCUT2D eigenvalue weighted by Gasteiger charge is 2.44. The molecule has 286 valence electrons. The number of rotatable bonds is 7. The van der Waals surface area contributed by atoms with Gasteiger partial charge in [0, 0.05) is 31.3 Å². The average molecular weight is 759 g/mol. The molecule has 0 bridgehead atoms. The second-order valence-corrected chi connectivity index (χ2v) is 14.2. The van der Waals surface area contributed by atoms with Gasteiger partial charge in [-0.05, 0) is 109 Å². The standard InChI is InChI=1S/C38H36F10N2O3/c1-6-49(5)33(51)22-7-9-28(30(16-22)38(46,47)48)21-8-10-31(39)29(15-21)27-11-12-35(3,4)18-24(27)19-50-20(2)32(53-34(50)52)23-13-25(36(40,41)42)17-26(14-23)37(43,44)45/h7-10,13-17,20,32H,6,11-12,18-19H2,1-5H3/t20?,32-/m0/s1. The van der Waals surface area contributed by atoms with E-state index in [1.807, 2.05) is 13.8 Å². The topological polar surface area (TPSA) is 49.9 Å². The summed E-state index contributed by atoms with van der Waals surface area (Å²) in [6.07, 6.45) is -16.6. The van der Waals surface area contributed by atoms with Crippen LogP contribution in [-0.2, 0) is 23.3 Å². The first kappa shape index (κ1) is 39.6. The quantitative estimate of drug-likeness (QED) is 0.226. The van der Waals surface area contributed by atoms with Crippen molar-refractivity contribution < 1.29 is 58.2 Å². The maximum atomic E-state index is 15.7. The van der Waals surface area contributed by atoms with Crippen LogP contribution in [0, 0.1) is 11.2 Å². The number of halogens is 10. The summed E-state index contributed by atoms with van der Waals surface area (Å²) in [5.74, 6) is -1.38. The number of benzene rings is 3. The van der Waals surface area contributed by atoms with Crippen molar-refractivity contribution in [3.8, 4) is 11.1 Å². The Morgan fingerprint density at radius 2 is 1.51 bits per heavy atom. The fraction of sp³-hybridized carbons (Fsp3) is 0.421. The molecule has 5 rings (SSSR count). The molecule has 2 atom stereocenters. The van der Waals surface area contributed by atoms with Crippen molar-refractivity contribution in [1.29, 1.82) is 0 Å². The molecule has 15 heteroatoms. The van der Waals surface area contributed by atoms with E-state index in [9.17, 15) is 49.1 Å². The first-order valence-electron chi connectivity index (χ1n) is 16.7. The van der Waals surface area contributed by atoms with Crippen LogP contribution >= 0.6 is 0 Å². The van der Waals surface area contributed by atoms with E-state index in [1.54, 1.807) is 6.92 Å². The summed E-state index contributed by atoms with van der Waals surface area (Å²) < 4.78 is 146. The number of carbonyl (C=O) groups excluding carboxylic acids is 2. The molecule has 0 aromatic heterocycles. The SMILES string of the molecule is CCN(C)C(=O)c1ccc(-c2ccc(F)c(C3=C(CN4C(=O)O[C@H](c5cc(C(F)(F)F)cc(C(F)(F)F)c5)C4C)CC(C)(C)CC3)c2)c(C(F)(F)F)c1. The van der Waals surface area contributed by atoms with Gasteiger partial charge in [-0.1, -0.05) is 26.0 Å². The molecule has 0 spiro atoms. The lowest BCUT2D eigenvalue weighted by atomic mass is 9.72. The van der Waals surface area contributed by atoms with E-state index in [-0.39, 0.29) is 59.7 Å². The summed E-state index contributed by atoms with van der Waals surface area (Å²) in [4.78, 5) is 28.3. The van der Waals surface area contributed by atoms with Crippen LogP contribution in [0.4, 0.5) is 48.7 Å². The number of carbonyl (C=O) groups is 2. The van der Waals surface area contributed by atoms with Crippen molar-refractivity contribution in [2.75, 3.05) is 20.1 Å². The van der Waals surface area contributed by atoms with Crippen LogP contribution in [-0.4, -0.2) is 48.0 Å². The normalized spacial score (nSPS) is 19.5. The molecule has 1 heterocycles. The highest BCUT2D eigenvalue weighted by Crippen LogP contribution is 2.47. The molecular formula is C38H36F10N2O3. The predicted molar refractivity (Wildman–Crippen MR) is 176 cm³/mol. The lowest BCUT2D eigenvalue weighted by Gasteiger charge is -2.35. The van der Waals surface area contributed by atoms with E-state index in [1.165, 1.54) is 37.1 Å². The molecule has 2 amide bonds. The highest BCUT2D eigenvalue weighted by molar-refractivity contribution is 5.95. The number of hydrogen-bond acceptors (Lipinski definition) is 3. The Labute approximate surface area is 299 Å². The van der Waals surface area contributed by atoms with E-state index in [4.69, 9.17) is 4.74 Å². The smallest absolute Gasteiger partial charge is 0.417 e. The number of amides is 2. The molecular weight excluding hydrogens is 722 g/mol. The fourth-order valence-corrected chi connectivity index (χ4v) is 6.85. The summed E-state index contributed by atoms with van der Waals surface area (Å²) in [5, 5.41) is 0. The number of alkyl halides is 9. The highest BCUT2D eigenvalue weighted by atomic mass is 19.4. The van der Waals surface area contributed by atoms with Crippen LogP contribution in [0.1, 0.15) is 91.2 Å². The zero-order valence-electron chi connectivity index (χ0n) is 29.3. The zero-order valence-corrected chi connectivity index (χ0v) is 29.3. The van der Waals surface area contributed by atoms with E-state index in [2.05, 4.69) is 0 Å². The molecule has 1 unspecified atom stereocenters. The third kappa shape index (κ3) is 8.33. The van der Waals surface area contributed by atoms with Gasteiger partial charge in [0.05, 0.1) is 22.7 Å². The zero-order chi connectivity index (χ0) is 39.4. The second kappa shape index (κ2) is 14.0. The van der Waals surface area contributed by atoms with E-state index >= 15 is 4.39 Å². The predicted octanol–water partition coefficient (Wildman–Crippen LogP) is 11.2. The largest absolute Gasteiger partial charge is 0.439 e. The first-order chi connectivity index (χ1) is 24.4. The van der Waals surface area contributed by atoms with Crippen molar-refractivity contribution in [3.63, 3.8) is 0 Å². The average Bonchev–Trinajstić information content (AvgIpc) is 3.34. The van der Waals surface area contributed by atoms with Gasteiger partial charge in [-0.25, -0.2) is 9.18 Å². The fourth-order valence-electron chi connectivity index (χ4n) is 6.85. The van der Waals surface area contributed by atoms with Gasteiger partial charge in [0.2, 0.25) is 0 Å². The van der Waals surface area contributed by atoms with Crippen molar-refractivity contribution in [2.45, 2.75) is 77.6 Å². The van der Waals surface area contributed by atoms with Crippen molar-refractivity contribution in [3.05, 3.63) is 99.4 Å². The molecule has 3 aromatic carbocycles. The maximum absolute atomic E-state index is 15.7. The van der Waals surface area contributed by atoms with Gasteiger partial charge in [0.15, 0.2) is 0 Å². The molecule has 1 saturated heterocycles. The molecule has 1 aliphatic carbocycles. The Morgan fingerprint density at radius 1 is 0.887 bits per heavy atom.